The molecule has 0 aliphatic rings. The summed E-state index contributed by atoms with van der Waals surface area (Å²) < 4.78 is 0. The maximum Gasteiger partial charge on any atom is 0.238 e. The summed E-state index contributed by atoms with van der Waals surface area (Å²) in [5.41, 5.74) is 1.87. The van der Waals surface area contributed by atoms with E-state index in [2.05, 4.69) is 24.5 Å². The smallest absolute Gasteiger partial charge is 0.238 e. The van der Waals surface area contributed by atoms with Crippen LogP contribution in [0, 0.1) is 12.8 Å². The topological polar surface area (TPSA) is 61.4 Å². The summed E-state index contributed by atoms with van der Waals surface area (Å²) in [6, 6.07) is 7.66. The van der Waals surface area contributed by atoms with Crippen LogP contribution in [-0.4, -0.2) is 30.2 Å². The lowest BCUT2D eigenvalue weighted by Gasteiger charge is -2.14. The summed E-state index contributed by atoms with van der Waals surface area (Å²) in [5, 5.41) is 15.5. The van der Waals surface area contributed by atoms with Crippen molar-refractivity contribution < 1.29 is 9.90 Å². The van der Waals surface area contributed by atoms with E-state index in [-0.39, 0.29) is 12.5 Å². The largest absolute Gasteiger partial charge is 0.392 e. The van der Waals surface area contributed by atoms with Gasteiger partial charge in [-0.3, -0.25) is 4.79 Å². The number of para-hydroxylation sites is 1. The standard InChI is InChI=1S/C15H24N2O2/c1-11(2)8-13(18)9-16-10-15(19)17-14-7-5-4-6-12(14)3/h4-7,11,13,16,18H,8-10H2,1-3H3,(H,17,19). The van der Waals surface area contributed by atoms with Gasteiger partial charge in [-0.15, -0.1) is 0 Å². The molecule has 0 radical (unpaired) electrons. The molecule has 0 bridgehead atoms. The number of carbonyl (C=O) groups excluding carboxylic acids is 1. The lowest BCUT2D eigenvalue weighted by Crippen LogP contribution is -2.34. The third-order valence-corrected chi connectivity index (χ3v) is 2.83. The Labute approximate surface area is 115 Å². The van der Waals surface area contributed by atoms with E-state index in [1.165, 1.54) is 0 Å². The average Bonchev–Trinajstić information content (AvgIpc) is 2.31. The van der Waals surface area contributed by atoms with Crippen molar-refractivity contribution in [2.45, 2.75) is 33.3 Å². The summed E-state index contributed by atoms with van der Waals surface area (Å²) in [5.74, 6) is 0.364. The fourth-order valence-corrected chi connectivity index (χ4v) is 1.89. The second-order valence-electron chi connectivity index (χ2n) is 5.28. The van der Waals surface area contributed by atoms with E-state index in [0.717, 1.165) is 17.7 Å². The molecule has 1 rings (SSSR count). The molecule has 0 aromatic heterocycles. The van der Waals surface area contributed by atoms with Crippen LogP contribution in [0.4, 0.5) is 5.69 Å². The van der Waals surface area contributed by atoms with Crippen LogP contribution in [0.1, 0.15) is 25.8 Å². The van der Waals surface area contributed by atoms with Crippen LogP contribution < -0.4 is 10.6 Å². The minimum Gasteiger partial charge on any atom is -0.392 e. The van der Waals surface area contributed by atoms with Crippen LogP contribution in [0.15, 0.2) is 24.3 Å². The Balaban J connectivity index is 2.27. The number of amides is 1. The van der Waals surface area contributed by atoms with Gasteiger partial charge < -0.3 is 15.7 Å². The Morgan fingerprint density at radius 3 is 2.63 bits per heavy atom. The zero-order chi connectivity index (χ0) is 14.3. The SMILES string of the molecule is Cc1ccccc1NC(=O)CNCC(O)CC(C)C. The van der Waals surface area contributed by atoms with Gasteiger partial charge in [0.05, 0.1) is 12.6 Å². The summed E-state index contributed by atoms with van der Waals surface area (Å²) in [6.07, 6.45) is 0.345. The summed E-state index contributed by atoms with van der Waals surface area (Å²) >= 11 is 0. The fourth-order valence-electron chi connectivity index (χ4n) is 1.89. The van der Waals surface area contributed by atoms with E-state index in [1.807, 2.05) is 31.2 Å². The van der Waals surface area contributed by atoms with Gasteiger partial charge in [-0.05, 0) is 30.9 Å². The Morgan fingerprint density at radius 1 is 1.32 bits per heavy atom. The minimum atomic E-state index is -0.397. The number of aryl methyl sites for hydroxylation is 1. The molecule has 3 N–H and O–H groups in total. The molecule has 0 spiro atoms. The van der Waals surface area contributed by atoms with Crippen LogP contribution in [0.25, 0.3) is 0 Å². The van der Waals surface area contributed by atoms with Gasteiger partial charge in [-0.2, -0.15) is 0 Å². The first-order valence-corrected chi connectivity index (χ1v) is 6.73. The normalized spacial score (nSPS) is 12.5. The van der Waals surface area contributed by atoms with Gasteiger partial charge in [0.2, 0.25) is 5.91 Å². The lowest BCUT2D eigenvalue weighted by molar-refractivity contribution is -0.115. The van der Waals surface area contributed by atoms with Gasteiger partial charge in [0, 0.05) is 12.2 Å². The highest BCUT2D eigenvalue weighted by atomic mass is 16.3. The van der Waals surface area contributed by atoms with Gasteiger partial charge in [0.1, 0.15) is 0 Å². The maximum atomic E-state index is 11.7. The van der Waals surface area contributed by atoms with E-state index >= 15 is 0 Å². The van der Waals surface area contributed by atoms with Crippen LogP contribution >= 0.6 is 0 Å². The third-order valence-electron chi connectivity index (χ3n) is 2.83. The van der Waals surface area contributed by atoms with E-state index in [4.69, 9.17) is 0 Å². The monoisotopic (exact) mass is 264 g/mol. The number of carbonyl (C=O) groups is 1. The van der Waals surface area contributed by atoms with Crippen molar-refractivity contribution in [2.24, 2.45) is 5.92 Å². The quantitative estimate of drug-likeness (QED) is 0.705. The molecule has 0 saturated carbocycles. The van der Waals surface area contributed by atoms with Gasteiger partial charge >= 0.3 is 0 Å². The van der Waals surface area contributed by atoms with Crippen molar-refractivity contribution >= 4 is 11.6 Å². The summed E-state index contributed by atoms with van der Waals surface area (Å²) in [4.78, 5) is 11.7. The number of nitrogens with one attached hydrogen (secondary N) is 2. The first-order chi connectivity index (χ1) is 8.99. The number of aliphatic hydroxyl groups is 1. The molecular weight excluding hydrogens is 240 g/mol. The average molecular weight is 264 g/mol. The van der Waals surface area contributed by atoms with Crippen LogP contribution in [-0.2, 0) is 4.79 Å². The first-order valence-electron chi connectivity index (χ1n) is 6.73. The van der Waals surface area contributed by atoms with Crippen LogP contribution in [0.3, 0.4) is 0 Å². The Bertz CT molecular complexity index is 405. The zero-order valence-corrected chi connectivity index (χ0v) is 11.9. The molecule has 1 atom stereocenters. The second kappa shape index (κ2) is 7.92. The maximum absolute atomic E-state index is 11.7. The van der Waals surface area contributed by atoms with E-state index in [0.29, 0.717) is 12.5 Å². The molecule has 0 saturated heterocycles. The molecule has 1 unspecified atom stereocenters. The minimum absolute atomic E-state index is 0.0916. The van der Waals surface area contributed by atoms with Gasteiger partial charge in [-0.25, -0.2) is 0 Å². The van der Waals surface area contributed by atoms with Crippen molar-refractivity contribution in [2.75, 3.05) is 18.4 Å². The molecule has 4 heteroatoms. The van der Waals surface area contributed by atoms with Gasteiger partial charge in [0.15, 0.2) is 0 Å². The van der Waals surface area contributed by atoms with Gasteiger partial charge in [-0.1, -0.05) is 32.0 Å². The van der Waals surface area contributed by atoms with E-state index in [1.54, 1.807) is 0 Å². The number of hydrogen-bond donors (Lipinski definition) is 3. The van der Waals surface area contributed by atoms with Crippen molar-refractivity contribution in [3.8, 4) is 0 Å². The molecular formula is C15H24N2O2. The molecule has 0 aliphatic heterocycles. The number of hydrogen-bond acceptors (Lipinski definition) is 3. The zero-order valence-electron chi connectivity index (χ0n) is 11.9. The fraction of sp³-hybridized carbons (Fsp3) is 0.533. The molecule has 1 aromatic carbocycles. The molecule has 0 fully saturated rings. The highest BCUT2D eigenvalue weighted by Gasteiger charge is 2.08. The molecule has 1 amide bonds. The lowest BCUT2D eigenvalue weighted by atomic mass is 10.1. The van der Waals surface area contributed by atoms with Crippen molar-refractivity contribution in [3.63, 3.8) is 0 Å². The first kappa shape index (κ1) is 15.7. The molecule has 19 heavy (non-hydrogen) atoms. The Kier molecular flexibility index (Phi) is 6.53. The Hall–Kier alpha value is -1.39. The van der Waals surface area contributed by atoms with Crippen molar-refractivity contribution in [1.82, 2.24) is 5.32 Å². The highest BCUT2D eigenvalue weighted by molar-refractivity contribution is 5.92. The predicted molar refractivity (Wildman–Crippen MR) is 78.1 cm³/mol. The van der Waals surface area contributed by atoms with E-state index < -0.39 is 6.10 Å². The predicted octanol–water partition coefficient (Wildman–Crippen LogP) is 1.93. The second-order valence-corrected chi connectivity index (χ2v) is 5.28. The summed E-state index contributed by atoms with van der Waals surface area (Å²) in [7, 11) is 0. The van der Waals surface area contributed by atoms with Crippen LogP contribution in [0.5, 0.6) is 0 Å². The van der Waals surface area contributed by atoms with Crippen LogP contribution in [0.2, 0.25) is 0 Å². The molecule has 0 heterocycles. The molecule has 0 aliphatic carbocycles. The van der Waals surface area contributed by atoms with E-state index in [9.17, 15) is 9.90 Å². The molecule has 106 valence electrons. The van der Waals surface area contributed by atoms with Crippen molar-refractivity contribution in [3.05, 3.63) is 29.8 Å². The molecule has 1 aromatic rings. The number of rotatable bonds is 7. The van der Waals surface area contributed by atoms with Crippen molar-refractivity contribution in [1.29, 1.82) is 0 Å². The third kappa shape index (κ3) is 6.36. The van der Waals surface area contributed by atoms with Gasteiger partial charge in [0.25, 0.3) is 0 Å². The number of anilines is 1. The highest BCUT2D eigenvalue weighted by Crippen LogP contribution is 2.12. The summed E-state index contributed by atoms with van der Waals surface area (Å²) in [6.45, 7) is 6.74. The molecule has 4 nitrogen and oxygen atoms in total. The Morgan fingerprint density at radius 2 is 2.00 bits per heavy atom. The number of aliphatic hydroxyl groups excluding tert-OH is 1. The number of benzene rings is 1.